The van der Waals surface area contributed by atoms with Gasteiger partial charge in [0.2, 0.25) is 5.91 Å². The highest BCUT2D eigenvalue weighted by Gasteiger charge is 2.26. The van der Waals surface area contributed by atoms with E-state index in [1.165, 1.54) is 25.2 Å². The van der Waals surface area contributed by atoms with Crippen molar-refractivity contribution in [2.45, 2.75) is 33.8 Å². The maximum absolute atomic E-state index is 12.6. The van der Waals surface area contributed by atoms with Crippen molar-refractivity contribution >= 4 is 39.8 Å². The smallest absolute Gasteiger partial charge is 0.342 e. The second kappa shape index (κ2) is 8.47. The van der Waals surface area contributed by atoms with Gasteiger partial charge in [-0.3, -0.25) is 9.59 Å². The average molecular weight is 385 g/mol. The molecule has 8 heteroatoms. The Balaban J connectivity index is 2.15. The summed E-state index contributed by atoms with van der Waals surface area (Å²) in [6.07, 6.45) is -1.09. The van der Waals surface area contributed by atoms with E-state index in [1.54, 1.807) is 31.2 Å². The number of nitrogens with one attached hydrogen (secondary N) is 2. The number of nitrogens with zero attached hydrogens (tertiary/aromatic N) is 1. The number of rotatable bonds is 5. The highest BCUT2D eigenvalue weighted by atomic mass is 32.1. The fraction of sp³-hybridized carbons (Fsp3) is 0.263. The van der Waals surface area contributed by atoms with Crippen LogP contribution in [0.3, 0.4) is 0 Å². The van der Waals surface area contributed by atoms with Crippen LogP contribution in [0.4, 0.5) is 10.7 Å². The van der Waals surface area contributed by atoms with Crippen molar-refractivity contribution in [1.82, 2.24) is 0 Å². The van der Waals surface area contributed by atoms with Gasteiger partial charge in [-0.1, -0.05) is 12.1 Å². The molecule has 0 fully saturated rings. The van der Waals surface area contributed by atoms with Crippen LogP contribution < -0.4 is 10.6 Å². The molecule has 0 saturated carbocycles. The van der Waals surface area contributed by atoms with Crippen LogP contribution in [-0.4, -0.2) is 23.9 Å². The molecule has 0 saturated heterocycles. The van der Waals surface area contributed by atoms with E-state index in [0.717, 1.165) is 4.88 Å². The average Bonchev–Trinajstić information content (AvgIpc) is 2.88. The van der Waals surface area contributed by atoms with Gasteiger partial charge in [0, 0.05) is 11.8 Å². The summed E-state index contributed by atoms with van der Waals surface area (Å²) in [6, 6.07) is 8.51. The maximum atomic E-state index is 12.6. The zero-order valence-electron chi connectivity index (χ0n) is 15.4. The number of aryl methyl sites for hydroxylation is 1. The summed E-state index contributed by atoms with van der Waals surface area (Å²) in [5, 5.41) is 14.7. The SMILES string of the molecule is CC(=O)Nc1sc(C)c(C)c1C(=O)O[C@H](C)C(=O)Nc1ccccc1C#N. The molecule has 0 aliphatic rings. The van der Waals surface area contributed by atoms with Crippen molar-refractivity contribution in [3.05, 3.63) is 45.8 Å². The largest absolute Gasteiger partial charge is 0.449 e. The summed E-state index contributed by atoms with van der Waals surface area (Å²) in [6.45, 7) is 6.37. The topological polar surface area (TPSA) is 108 Å². The zero-order chi connectivity index (χ0) is 20.1. The lowest BCUT2D eigenvalue weighted by Crippen LogP contribution is -2.30. The number of benzene rings is 1. The van der Waals surface area contributed by atoms with E-state index < -0.39 is 18.0 Å². The lowest BCUT2D eigenvalue weighted by molar-refractivity contribution is -0.123. The number of amides is 2. The lowest BCUT2D eigenvalue weighted by atomic mass is 10.1. The number of esters is 1. The molecule has 0 aliphatic heterocycles. The van der Waals surface area contributed by atoms with Crippen LogP contribution in [0.25, 0.3) is 0 Å². The number of ether oxygens (including phenoxy) is 1. The number of para-hydroxylation sites is 1. The van der Waals surface area contributed by atoms with Crippen molar-refractivity contribution < 1.29 is 19.1 Å². The first-order valence-corrected chi connectivity index (χ1v) is 8.94. The van der Waals surface area contributed by atoms with Gasteiger partial charge >= 0.3 is 5.97 Å². The van der Waals surface area contributed by atoms with Crippen molar-refractivity contribution in [1.29, 1.82) is 5.26 Å². The third-order valence-corrected chi connectivity index (χ3v) is 4.96. The number of hydrogen-bond acceptors (Lipinski definition) is 6. The van der Waals surface area contributed by atoms with Gasteiger partial charge < -0.3 is 15.4 Å². The Bertz CT molecular complexity index is 943. The zero-order valence-corrected chi connectivity index (χ0v) is 16.2. The molecule has 0 aliphatic carbocycles. The Morgan fingerprint density at radius 3 is 2.48 bits per heavy atom. The van der Waals surface area contributed by atoms with Crippen LogP contribution in [-0.2, 0) is 14.3 Å². The summed E-state index contributed by atoms with van der Waals surface area (Å²) < 4.78 is 5.28. The van der Waals surface area contributed by atoms with E-state index in [9.17, 15) is 14.4 Å². The fourth-order valence-corrected chi connectivity index (χ4v) is 3.41. The van der Waals surface area contributed by atoms with Gasteiger partial charge in [0.15, 0.2) is 6.10 Å². The number of anilines is 2. The third-order valence-electron chi connectivity index (χ3n) is 3.84. The van der Waals surface area contributed by atoms with E-state index in [4.69, 9.17) is 10.00 Å². The highest BCUT2D eigenvalue weighted by Crippen LogP contribution is 2.33. The van der Waals surface area contributed by atoms with Gasteiger partial charge in [-0.2, -0.15) is 5.26 Å². The number of hydrogen-bond donors (Lipinski definition) is 2. The monoisotopic (exact) mass is 385 g/mol. The standard InChI is InChI=1S/C19H19N3O4S/c1-10-12(3)27-18(21-13(4)23)16(10)19(25)26-11(2)17(24)22-15-8-6-5-7-14(15)9-20/h5-8,11H,1-4H3,(H,21,23)(H,22,24)/t11-/m1/s1. The molecule has 2 aromatic rings. The first kappa shape index (κ1) is 20.1. The summed E-state index contributed by atoms with van der Waals surface area (Å²) in [5.41, 5.74) is 1.58. The van der Waals surface area contributed by atoms with Crippen molar-refractivity contribution in [3.63, 3.8) is 0 Å². The predicted molar refractivity (Wildman–Crippen MR) is 103 cm³/mol. The molecular weight excluding hydrogens is 366 g/mol. The first-order valence-electron chi connectivity index (χ1n) is 8.13. The second-order valence-electron chi connectivity index (χ2n) is 5.86. The molecule has 1 aromatic heterocycles. The number of nitriles is 1. The van der Waals surface area contributed by atoms with Gasteiger partial charge in [-0.05, 0) is 38.5 Å². The number of carbonyl (C=O) groups is 3. The minimum atomic E-state index is -1.09. The van der Waals surface area contributed by atoms with E-state index in [1.807, 2.05) is 13.0 Å². The minimum Gasteiger partial charge on any atom is -0.449 e. The summed E-state index contributed by atoms with van der Waals surface area (Å²) in [4.78, 5) is 37.1. The van der Waals surface area contributed by atoms with Gasteiger partial charge in [0.1, 0.15) is 11.1 Å². The van der Waals surface area contributed by atoms with E-state index >= 15 is 0 Å². The molecular formula is C19H19N3O4S. The van der Waals surface area contributed by atoms with Crippen LogP contribution in [0, 0.1) is 25.2 Å². The van der Waals surface area contributed by atoms with Gasteiger partial charge in [0.25, 0.3) is 5.91 Å². The van der Waals surface area contributed by atoms with Crippen molar-refractivity contribution in [2.24, 2.45) is 0 Å². The summed E-state index contributed by atoms with van der Waals surface area (Å²) >= 11 is 1.27. The second-order valence-corrected chi connectivity index (χ2v) is 7.09. The summed E-state index contributed by atoms with van der Waals surface area (Å²) in [5.74, 6) is -1.56. The number of thiophene rings is 1. The fourth-order valence-electron chi connectivity index (χ4n) is 2.32. The molecule has 1 atom stereocenters. The lowest BCUT2D eigenvalue weighted by Gasteiger charge is -2.15. The quantitative estimate of drug-likeness (QED) is 0.767. The van der Waals surface area contributed by atoms with Crippen molar-refractivity contribution in [2.75, 3.05) is 10.6 Å². The Labute approximate surface area is 161 Å². The predicted octanol–water partition coefficient (Wildman–Crippen LogP) is 3.38. The van der Waals surface area contributed by atoms with Gasteiger partial charge in [-0.25, -0.2) is 4.79 Å². The van der Waals surface area contributed by atoms with Crippen molar-refractivity contribution in [3.8, 4) is 6.07 Å². The third kappa shape index (κ3) is 4.71. The van der Waals surface area contributed by atoms with Crippen LogP contribution in [0.2, 0.25) is 0 Å². The van der Waals surface area contributed by atoms with Crippen LogP contribution in [0.1, 0.15) is 40.2 Å². The minimum absolute atomic E-state index is 0.241. The molecule has 2 N–H and O–H groups in total. The molecule has 27 heavy (non-hydrogen) atoms. The highest BCUT2D eigenvalue weighted by molar-refractivity contribution is 7.16. The van der Waals surface area contributed by atoms with Gasteiger partial charge in [-0.15, -0.1) is 11.3 Å². The first-order chi connectivity index (χ1) is 12.7. The van der Waals surface area contributed by atoms with E-state index in [-0.39, 0.29) is 11.5 Å². The molecule has 0 spiro atoms. The van der Waals surface area contributed by atoms with E-state index in [0.29, 0.717) is 21.8 Å². The molecule has 7 nitrogen and oxygen atoms in total. The number of carbonyl (C=O) groups excluding carboxylic acids is 3. The Kier molecular flexibility index (Phi) is 6.32. The molecule has 2 amide bonds. The Morgan fingerprint density at radius 1 is 1.19 bits per heavy atom. The van der Waals surface area contributed by atoms with Crippen LogP contribution in [0.5, 0.6) is 0 Å². The molecule has 0 unspecified atom stereocenters. The summed E-state index contributed by atoms with van der Waals surface area (Å²) in [7, 11) is 0. The van der Waals surface area contributed by atoms with E-state index in [2.05, 4.69) is 10.6 Å². The molecule has 1 aromatic carbocycles. The normalized spacial score (nSPS) is 11.2. The Morgan fingerprint density at radius 2 is 1.85 bits per heavy atom. The Hall–Kier alpha value is -3.18. The van der Waals surface area contributed by atoms with Crippen LogP contribution >= 0.6 is 11.3 Å². The molecule has 1 heterocycles. The molecule has 0 bridgehead atoms. The molecule has 2 rings (SSSR count). The molecule has 0 radical (unpaired) electrons. The maximum Gasteiger partial charge on any atom is 0.342 e. The van der Waals surface area contributed by atoms with Crippen LogP contribution in [0.15, 0.2) is 24.3 Å². The molecule has 140 valence electrons. The van der Waals surface area contributed by atoms with Gasteiger partial charge in [0.05, 0.1) is 16.8 Å².